The van der Waals surface area contributed by atoms with Crippen molar-refractivity contribution in [1.82, 2.24) is 0 Å². The van der Waals surface area contributed by atoms with E-state index in [4.69, 9.17) is 13.8 Å². The Kier molecular flexibility index (Phi) is 7.99. The molecule has 1 rings (SSSR count). The zero-order chi connectivity index (χ0) is 14.0. The Bertz CT molecular complexity index is 370. The molecule has 0 saturated carbocycles. The van der Waals surface area contributed by atoms with E-state index < -0.39 is 7.60 Å². The fourth-order valence-electron chi connectivity index (χ4n) is 1.64. The largest absolute Gasteiger partial charge is 0.374 e. The monoisotopic (exact) mass is 286 g/mol. The van der Waals surface area contributed by atoms with Gasteiger partial charge in [-0.3, -0.25) is 4.57 Å². The van der Waals surface area contributed by atoms with E-state index in [0.29, 0.717) is 32.6 Å². The lowest BCUT2D eigenvalue weighted by molar-refractivity contribution is 0.0811. The van der Waals surface area contributed by atoms with Crippen molar-refractivity contribution in [2.45, 2.75) is 26.9 Å². The summed E-state index contributed by atoms with van der Waals surface area (Å²) in [5.74, 6) is 0. The van der Waals surface area contributed by atoms with Crippen molar-refractivity contribution in [3.63, 3.8) is 0 Å². The highest BCUT2D eigenvalue weighted by Crippen LogP contribution is 2.48. The quantitative estimate of drug-likeness (QED) is 0.484. The molecule has 0 amide bonds. The van der Waals surface area contributed by atoms with E-state index in [1.807, 2.05) is 44.2 Å². The van der Waals surface area contributed by atoms with Crippen LogP contribution in [0.1, 0.15) is 25.8 Å². The van der Waals surface area contributed by atoms with Gasteiger partial charge in [0.25, 0.3) is 0 Å². The molecule has 0 aliphatic heterocycles. The second-order valence-corrected chi connectivity index (χ2v) is 6.31. The second kappa shape index (κ2) is 9.27. The molecule has 0 heterocycles. The minimum atomic E-state index is -2.91. The molecular weight excluding hydrogens is 263 g/mol. The van der Waals surface area contributed by atoms with Gasteiger partial charge in [0.1, 0.15) is 0 Å². The molecular formula is C14H23O4P. The van der Waals surface area contributed by atoms with Crippen LogP contribution in [-0.2, 0) is 25.0 Å². The van der Waals surface area contributed by atoms with E-state index in [-0.39, 0.29) is 0 Å². The van der Waals surface area contributed by atoms with Crippen LogP contribution in [0.3, 0.4) is 0 Å². The van der Waals surface area contributed by atoms with Crippen molar-refractivity contribution in [2.24, 2.45) is 0 Å². The highest BCUT2D eigenvalue weighted by molar-refractivity contribution is 7.53. The molecule has 0 bridgehead atoms. The van der Waals surface area contributed by atoms with Crippen molar-refractivity contribution in [3.8, 4) is 0 Å². The van der Waals surface area contributed by atoms with Crippen LogP contribution in [0.5, 0.6) is 0 Å². The number of hydrogen-bond acceptors (Lipinski definition) is 4. The zero-order valence-corrected chi connectivity index (χ0v) is 12.6. The average molecular weight is 286 g/mol. The molecule has 0 fully saturated rings. The van der Waals surface area contributed by atoms with Gasteiger partial charge in [-0.15, -0.1) is 0 Å². The highest BCUT2D eigenvalue weighted by Gasteiger charge is 2.22. The maximum atomic E-state index is 12.1. The van der Waals surface area contributed by atoms with Gasteiger partial charge in [-0.1, -0.05) is 37.3 Å². The van der Waals surface area contributed by atoms with Crippen molar-refractivity contribution in [2.75, 3.05) is 26.0 Å². The lowest BCUT2D eigenvalue weighted by Crippen LogP contribution is -2.06. The van der Waals surface area contributed by atoms with Crippen molar-refractivity contribution >= 4 is 7.60 Å². The van der Waals surface area contributed by atoms with Crippen molar-refractivity contribution in [3.05, 3.63) is 35.9 Å². The van der Waals surface area contributed by atoms with Gasteiger partial charge in [-0.2, -0.15) is 0 Å². The molecule has 1 aromatic rings. The van der Waals surface area contributed by atoms with Crippen LogP contribution in [0.25, 0.3) is 0 Å². The smallest absolute Gasteiger partial charge is 0.330 e. The molecule has 0 saturated heterocycles. The number of hydrogen-bond donors (Lipinski definition) is 0. The first-order valence-electron chi connectivity index (χ1n) is 6.70. The lowest BCUT2D eigenvalue weighted by atomic mass is 10.2. The predicted molar refractivity (Wildman–Crippen MR) is 76.4 cm³/mol. The molecule has 5 heteroatoms. The summed E-state index contributed by atoms with van der Waals surface area (Å²) >= 11 is 0. The van der Waals surface area contributed by atoms with Gasteiger partial charge in [-0.25, -0.2) is 0 Å². The van der Waals surface area contributed by atoms with Crippen LogP contribution in [0.2, 0.25) is 0 Å². The summed E-state index contributed by atoms with van der Waals surface area (Å²) < 4.78 is 28.2. The van der Waals surface area contributed by atoms with Gasteiger partial charge in [0.15, 0.2) is 0 Å². The molecule has 4 nitrogen and oxygen atoms in total. The first-order valence-corrected chi connectivity index (χ1v) is 8.43. The topological polar surface area (TPSA) is 44.8 Å². The van der Waals surface area contributed by atoms with Crippen LogP contribution in [0.4, 0.5) is 0 Å². The van der Waals surface area contributed by atoms with E-state index in [9.17, 15) is 4.57 Å². The van der Waals surface area contributed by atoms with E-state index >= 15 is 0 Å². The van der Waals surface area contributed by atoms with Gasteiger partial charge in [-0.05, 0) is 18.9 Å². The zero-order valence-electron chi connectivity index (χ0n) is 11.7. The van der Waals surface area contributed by atoms with Gasteiger partial charge in [0.2, 0.25) is 0 Å². The molecule has 0 radical (unpaired) electrons. The summed E-state index contributed by atoms with van der Waals surface area (Å²) in [7, 11) is -2.91. The van der Waals surface area contributed by atoms with E-state index in [2.05, 4.69) is 0 Å². The summed E-state index contributed by atoms with van der Waals surface area (Å²) in [4.78, 5) is 0. The summed E-state index contributed by atoms with van der Waals surface area (Å²) in [5, 5.41) is 0. The SMILES string of the molecule is CCCP(=O)(OCC)OCCOCc1ccccc1. The Morgan fingerprint density at radius 2 is 1.79 bits per heavy atom. The van der Waals surface area contributed by atoms with Crippen molar-refractivity contribution < 1.29 is 18.3 Å². The first-order chi connectivity index (χ1) is 9.20. The standard InChI is InChI=1S/C14H23O4P/c1-3-12-19(15,17-4-2)18-11-10-16-13-14-8-6-5-7-9-14/h5-9H,3-4,10-13H2,1-2H3. The summed E-state index contributed by atoms with van der Waals surface area (Å²) in [5.41, 5.74) is 1.11. The molecule has 0 aliphatic carbocycles. The van der Waals surface area contributed by atoms with E-state index in [0.717, 1.165) is 12.0 Å². The molecule has 0 N–H and O–H groups in total. The summed E-state index contributed by atoms with van der Waals surface area (Å²) in [6.07, 6.45) is 1.24. The fraction of sp³-hybridized carbons (Fsp3) is 0.571. The Balaban J connectivity index is 2.20. The Hall–Kier alpha value is -0.670. The normalized spacial score (nSPS) is 14.2. The third-order valence-corrected chi connectivity index (χ3v) is 4.67. The Morgan fingerprint density at radius 3 is 2.42 bits per heavy atom. The third-order valence-electron chi connectivity index (χ3n) is 2.45. The van der Waals surface area contributed by atoms with Gasteiger partial charge in [0, 0.05) is 6.16 Å². The number of ether oxygens (including phenoxy) is 1. The molecule has 1 atom stereocenters. The molecule has 0 spiro atoms. The highest BCUT2D eigenvalue weighted by atomic mass is 31.2. The van der Waals surface area contributed by atoms with Crippen molar-refractivity contribution in [1.29, 1.82) is 0 Å². The van der Waals surface area contributed by atoms with Gasteiger partial charge in [0.05, 0.1) is 26.4 Å². The van der Waals surface area contributed by atoms with Crippen LogP contribution < -0.4 is 0 Å². The Morgan fingerprint density at radius 1 is 1.05 bits per heavy atom. The fourth-order valence-corrected chi connectivity index (χ4v) is 3.26. The van der Waals surface area contributed by atoms with Gasteiger partial charge < -0.3 is 13.8 Å². The molecule has 19 heavy (non-hydrogen) atoms. The summed E-state index contributed by atoms with van der Waals surface area (Å²) in [6.45, 7) is 5.43. The van der Waals surface area contributed by atoms with E-state index in [1.54, 1.807) is 0 Å². The first kappa shape index (κ1) is 16.4. The lowest BCUT2D eigenvalue weighted by Gasteiger charge is -2.17. The predicted octanol–water partition coefficient (Wildman–Crippen LogP) is 3.86. The van der Waals surface area contributed by atoms with E-state index in [1.165, 1.54) is 0 Å². The number of benzene rings is 1. The average Bonchev–Trinajstić information content (AvgIpc) is 2.40. The molecule has 108 valence electrons. The summed E-state index contributed by atoms with van der Waals surface area (Å²) in [6, 6.07) is 9.92. The second-order valence-electron chi connectivity index (χ2n) is 4.12. The van der Waals surface area contributed by atoms with Gasteiger partial charge >= 0.3 is 7.60 Å². The third kappa shape index (κ3) is 6.88. The molecule has 1 unspecified atom stereocenters. The molecule has 0 aliphatic rings. The molecule has 1 aromatic carbocycles. The Labute approximate surface area is 115 Å². The maximum Gasteiger partial charge on any atom is 0.330 e. The van der Waals surface area contributed by atoms with Crippen LogP contribution >= 0.6 is 7.60 Å². The van der Waals surface area contributed by atoms with Crippen LogP contribution in [0.15, 0.2) is 30.3 Å². The maximum absolute atomic E-state index is 12.1. The van der Waals surface area contributed by atoms with Crippen LogP contribution in [-0.4, -0.2) is 26.0 Å². The molecule has 0 aromatic heterocycles. The minimum Gasteiger partial charge on any atom is -0.374 e. The van der Waals surface area contributed by atoms with Crippen LogP contribution in [0, 0.1) is 0 Å². The number of rotatable bonds is 10. The minimum absolute atomic E-state index is 0.296.